The number of aromatic nitrogens is 2. The van der Waals surface area contributed by atoms with Crippen molar-refractivity contribution < 1.29 is 0 Å². The number of hydrogen-bond donors (Lipinski definition) is 1. The number of pyridine rings is 1. The molecule has 0 fully saturated rings. The van der Waals surface area contributed by atoms with Crippen LogP contribution in [-0.4, -0.2) is 9.55 Å². The summed E-state index contributed by atoms with van der Waals surface area (Å²) in [5.74, 6) is 0. The van der Waals surface area contributed by atoms with Crippen LogP contribution < -0.4 is 5.32 Å². The lowest BCUT2D eigenvalue weighted by molar-refractivity contribution is 0.674. The van der Waals surface area contributed by atoms with E-state index in [1.165, 1.54) is 5.56 Å². The Morgan fingerprint density at radius 3 is 2.82 bits per heavy atom. The summed E-state index contributed by atoms with van der Waals surface area (Å²) in [7, 11) is 0. The highest BCUT2D eigenvalue weighted by atomic mass is 14.9. The molecule has 2 rings (SSSR count). The molecule has 2 aromatic rings. The number of nitrogens with one attached hydrogen (secondary N) is 1. The van der Waals surface area contributed by atoms with Gasteiger partial charge in [-0.15, -0.1) is 0 Å². The fourth-order valence-electron chi connectivity index (χ4n) is 1.82. The zero-order valence-corrected chi connectivity index (χ0v) is 10.5. The Bertz CT molecular complexity index is 474. The van der Waals surface area contributed by atoms with Crippen LogP contribution in [0.2, 0.25) is 0 Å². The Morgan fingerprint density at radius 1 is 1.24 bits per heavy atom. The Labute approximate surface area is 103 Å². The molecular weight excluding hydrogens is 210 g/mol. The van der Waals surface area contributed by atoms with Gasteiger partial charge in [-0.2, -0.15) is 0 Å². The van der Waals surface area contributed by atoms with Crippen LogP contribution in [0.15, 0.2) is 36.7 Å². The van der Waals surface area contributed by atoms with E-state index in [4.69, 9.17) is 0 Å². The van der Waals surface area contributed by atoms with Gasteiger partial charge in [0.05, 0.1) is 5.69 Å². The monoisotopic (exact) mass is 229 g/mol. The van der Waals surface area contributed by atoms with Gasteiger partial charge < -0.3 is 9.88 Å². The Kier molecular flexibility index (Phi) is 3.94. The van der Waals surface area contributed by atoms with Gasteiger partial charge in [-0.25, -0.2) is 0 Å². The average Bonchev–Trinajstić information content (AvgIpc) is 2.77. The summed E-state index contributed by atoms with van der Waals surface area (Å²) in [6.45, 7) is 6.90. The number of aryl methyl sites for hydroxylation is 2. The first-order valence-electron chi connectivity index (χ1n) is 6.06. The van der Waals surface area contributed by atoms with Crippen molar-refractivity contribution in [2.45, 2.75) is 33.5 Å². The third kappa shape index (κ3) is 3.43. The Balaban J connectivity index is 1.83. The minimum Gasteiger partial charge on any atom is -0.354 e. The van der Waals surface area contributed by atoms with Crippen molar-refractivity contribution in [2.24, 2.45) is 0 Å². The van der Waals surface area contributed by atoms with Crippen molar-refractivity contribution in [3.8, 4) is 0 Å². The second-order valence-corrected chi connectivity index (χ2v) is 4.22. The summed E-state index contributed by atoms with van der Waals surface area (Å²) < 4.78 is 2.18. The normalized spacial score (nSPS) is 10.7. The van der Waals surface area contributed by atoms with E-state index in [2.05, 4.69) is 46.3 Å². The molecule has 17 heavy (non-hydrogen) atoms. The van der Waals surface area contributed by atoms with Gasteiger partial charge in [-0.05, 0) is 37.6 Å². The minimum absolute atomic E-state index is 0.818. The first-order valence-corrected chi connectivity index (χ1v) is 6.06. The van der Waals surface area contributed by atoms with E-state index in [0.29, 0.717) is 0 Å². The van der Waals surface area contributed by atoms with Crippen LogP contribution in [-0.2, 0) is 19.6 Å². The molecule has 0 radical (unpaired) electrons. The summed E-state index contributed by atoms with van der Waals surface area (Å²) >= 11 is 0. The van der Waals surface area contributed by atoms with Crippen LogP contribution in [0.4, 0.5) is 0 Å². The molecule has 2 heterocycles. The van der Waals surface area contributed by atoms with Gasteiger partial charge in [0.1, 0.15) is 0 Å². The number of hydrogen-bond acceptors (Lipinski definition) is 2. The number of nitrogens with zero attached hydrogens (tertiary/aromatic N) is 2. The van der Waals surface area contributed by atoms with E-state index in [0.717, 1.165) is 31.0 Å². The van der Waals surface area contributed by atoms with E-state index in [9.17, 15) is 0 Å². The molecule has 0 saturated carbocycles. The van der Waals surface area contributed by atoms with Gasteiger partial charge in [-0.3, -0.25) is 4.98 Å². The van der Waals surface area contributed by atoms with Crippen LogP contribution in [0.3, 0.4) is 0 Å². The number of rotatable bonds is 5. The summed E-state index contributed by atoms with van der Waals surface area (Å²) in [5, 5.41) is 3.41. The minimum atomic E-state index is 0.818. The van der Waals surface area contributed by atoms with Crippen LogP contribution in [0, 0.1) is 6.92 Å². The van der Waals surface area contributed by atoms with E-state index in [1.807, 2.05) is 19.1 Å². The van der Waals surface area contributed by atoms with Crippen molar-refractivity contribution in [1.82, 2.24) is 14.9 Å². The van der Waals surface area contributed by atoms with Gasteiger partial charge in [0, 0.05) is 37.7 Å². The maximum absolute atomic E-state index is 4.46. The van der Waals surface area contributed by atoms with Crippen molar-refractivity contribution in [3.05, 3.63) is 53.6 Å². The van der Waals surface area contributed by atoms with Crippen molar-refractivity contribution in [2.75, 3.05) is 0 Å². The largest absolute Gasteiger partial charge is 0.354 e. The molecule has 0 aliphatic heterocycles. The molecule has 0 bridgehead atoms. The summed E-state index contributed by atoms with van der Waals surface area (Å²) in [5.41, 5.74) is 3.49. The maximum atomic E-state index is 4.46. The molecule has 0 amide bonds. The summed E-state index contributed by atoms with van der Waals surface area (Å²) in [6.07, 6.45) is 4.29. The van der Waals surface area contributed by atoms with Gasteiger partial charge in [0.25, 0.3) is 0 Å². The lowest BCUT2D eigenvalue weighted by Crippen LogP contribution is -2.13. The standard InChI is InChI=1S/C14H19N3/c1-3-17-8-7-13(11-17)9-15-10-14-6-4-5-12(2)16-14/h4-8,11,15H,3,9-10H2,1-2H3. The molecule has 0 atom stereocenters. The SMILES string of the molecule is CCn1ccc(CNCc2cccc(C)n2)c1. The zero-order valence-electron chi connectivity index (χ0n) is 10.5. The molecule has 0 aromatic carbocycles. The fourth-order valence-corrected chi connectivity index (χ4v) is 1.82. The highest BCUT2D eigenvalue weighted by Gasteiger charge is 1.97. The van der Waals surface area contributed by atoms with Gasteiger partial charge in [0.2, 0.25) is 0 Å². The molecule has 3 heteroatoms. The summed E-state index contributed by atoms with van der Waals surface area (Å²) in [6, 6.07) is 8.27. The first-order chi connectivity index (χ1) is 8.28. The topological polar surface area (TPSA) is 29.9 Å². The fraction of sp³-hybridized carbons (Fsp3) is 0.357. The zero-order chi connectivity index (χ0) is 12.1. The highest BCUT2D eigenvalue weighted by molar-refractivity contribution is 5.12. The van der Waals surface area contributed by atoms with E-state index < -0.39 is 0 Å². The molecule has 0 saturated heterocycles. The first kappa shape index (κ1) is 11.9. The molecule has 2 aromatic heterocycles. The van der Waals surface area contributed by atoms with Crippen LogP contribution >= 0.6 is 0 Å². The van der Waals surface area contributed by atoms with Crippen LogP contribution in [0.1, 0.15) is 23.9 Å². The molecule has 1 N–H and O–H groups in total. The lowest BCUT2D eigenvalue weighted by atomic mass is 10.3. The van der Waals surface area contributed by atoms with E-state index in [-0.39, 0.29) is 0 Å². The summed E-state index contributed by atoms with van der Waals surface area (Å²) in [4.78, 5) is 4.46. The molecule has 0 spiro atoms. The molecule has 90 valence electrons. The third-order valence-corrected chi connectivity index (χ3v) is 2.76. The lowest BCUT2D eigenvalue weighted by Gasteiger charge is -2.03. The molecular formula is C14H19N3. The van der Waals surface area contributed by atoms with Crippen molar-refractivity contribution in [3.63, 3.8) is 0 Å². The second-order valence-electron chi connectivity index (χ2n) is 4.22. The van der Waals surface area contributed by atoms with Gasteiger partial charge in [-0.1, -0.05) is 6.07 Å². The molecule has 0 aliphatic rings. The quantitative estimate of drug-likeness (QED) is 0.853. The van der Waals surface area contributed by atoms with Gasteiger partial charge >= 0.3 is 0 Å². The van der Waals surface area contributed by atoms with E-state index >= 15 is 0 Å². The molecule has 0 aliphatic carbocycles. The van der Waals surface area contributed by atoms with Crippen molar-refractivity contribution in [1.29, 1.82) is 0 Å². The third-order valence-electron chi connectivity index (χ3n) is 2.76. The highest BCUT2D eigenvalue weighted by Crippen LogP contribution is 2.02. The predicted molar refractivity (Wildman–Crippen MR) is 69.6 cm³/mol. The molecule has 0 unspecified atom stereocenters. The average molecular weight is 229 g/mol. The smallest absolute Gasteiger partial charge is 0.0544 e. The molecule has 3 nitrogen and oxygen atoms in total. The van der Waals surface area contributed by atoms with Crippen molar-refractivity contribution >= 4 is 0 Å². The second kappa shape index (κ2) is 5.64. The van der Waals surface area contributed by atoms with E-state index in [1.54, 1.807) is 0 Å². The van der Waals surface area contributed by atoms with Gasteiger partial charge in [0.15, 0.2) is 0 Å². The van der Waals surface area contributed by atoms with Crippen LogP contribution in [0.25, 0.3) is 0 Å². The Morgan fingerprint density at radius 2 is 2.12 bits per heavy atom. The maximum Gasteiger partial charge on any atom is 0.0544 e. The van der Waals surface area contributed by atoms with Crippen LogP contribution in [0.5, 0.6) is 0 Å². The Hall–Kier alpha value is -1.61. The predicted octanol–water partition coefficient (Wildman–Crippen LogP) is 2.50.